The number of ketones is 1. The third kappa shape index (κ3) is 4.53. The predicted molar refractivity (Wildman–Crippen MR) is 100 cm³/mol. The fourth-order valence-electron chi connectivity index (χ4n) is 2.30. The highest BCUT2D eigenvalue weighted by molar-refractivity contribution is 7.13. The molecule has 0 unspecified atom stereocenters. The molecule has 3 rings (SSSR count). The van der Waals surface area contributed by atoms with Gasteiger partial charge in [-0.3, -0.25) is 14.6 Å². The van der Waals surface area contributed by atoms with E-state index in [4.69, 9.17) is 16.3 Å². The number of pyridine rings is 1. The second kappa shape index (κ2) is 8.21. The van der Waals surface area contributed by atoms with Crippen molar-refractivity contribution in [1.29, 1.82) is 0 Å². The third-order valence-electron chi connectivity index (χ3n) is 3.59. The molecule has 132 valence electrons. The van der Waals surface area contributed by atoms with Gasteiger partial charge in [-0.1, -0.05) is 11.6 Å². The van der Waals surface area contributed by atoms with E-state index in [9.17, 15) is 9.59 Å². The standard InChI is InChI=1S/C19H15ClN2O3S/c1-12(18(24)13-4-6-15(20)7-5-13)25-17(23)9-16-11-26-19(22-16)14-3-2-8-21-10-14/h2-8,10-12H,9H2,1H3/t12-/m1/s1. The SMILES string of the molecule is C[C@@H](OC(=O)Cc1csc(-c2cccnc2)n1)C(=O)c1ccc(Cl)cc1. The maximum atomic E-state index is 12.3. The molecule has 0 saturated carbocycles. The topological polar surface area (TPSA) is 69.2 Å². The first kappa shape index (κ1) is 18.2. The lowest BCUT2D eigenvalue weighted by Gasteiger charge is -2.12. The molecular formula is C19H15ClN2O3S. The van der Waals surface area contributed by atoms with Crippen LogP contribution in [-0.4, -0.2) is 27.8 Å². The number of Topliss-reactive ketones (excluding diaryl/α,β-unsaturated/α-hetero) is 1. The van der Waals surface area contributed by atoms with Crippen molar-refractivity contribution in [2.45, 2.75) is 19.4 Å². The minimum Gasteiger partial charge on any atom is -0.454 e. The Morgan fingerprint density at radius 2 is 2.00 bits per heavy atom. The van der Waals surface area contributed by atoms with Crippen LogP contribution in [0.15, 0.2) is 54.2 Å². The highest BCUT2D eigenvalue weighted by Gasteiger charge is 2.20. The minimum atomic E-state index is -0.875. The lowest BCUT2D eigenvalue weighted by molar-refractivity contribution is -0.145. The summed E-state index contributed by atoms with van der Waals surface area (Å²) in [6.07, 6.45) is 2.54. The number of halogens is 1. The van der Waals surface area contributed by atoms with Crippen LogP contribution in [0.5, 0.6) is 0 Å². The molecule has 3 aromatic rings. The van der Waals surface area contributed by atoms with E-state index in [1.54, 1.807) is 49.0 Å². The molecular weight excluding hydrogens is 372 g/mol. The summed E-state index contributed by atoms with van der Waals surface area (Å²) in [6.45, 7) is 1.55. The van der Waals surface area contributed by atoms with Crippen molar-refractivity contribution in [1.82, 2.24) is 9.97 Å². The molecule has 0 amide bonds. The molecule has 2 heterocycles. The van der Waals surface area contributed by atoms with Gasteiger partial charge >= 0.3 is 5.97 Å². The Bertz CT molecular complexity index is 910. The molecule has 0 saturated heterocycles. The van der Waals surface area contributed by atoms with Crippen LogP contribution in [0.25, 0.3) is 10.6 Å². The van der Waals surface area contributed by atoms with Crippen molar-refractivity contribution in [2.24, 2.45) is 0 Å². The summed E-state index contributed by atoms with van der Waals surface area (Å²) < 4.78 is 5.25. The minimum absolute atomic E-state index is 0.00893. The number of nitrogens with zero attached hydrogens (tertiary/aromatic N) is 2. The Balaban J connectivity index is 1.59. The molecule has 2 aromatic heterocycles. The van der Waals surface area contributed by atoms with Gasteiger partial charge in [0.05, 0.1) is 12.1 Å². The van der Waals surface area contributed by atoms with E-state index in [0.717, 1.165) is 10.6 Å². The number of hydrogen-bond donors (Lipinski definition) is 0. The number of hydrogen-bond acceptors (Lipinski definition) is 6. The normalized spacial score (nSPS) is 11.8. The van der Waals surface area contributed by atoms with Gasteiger partial charge in [-0.05, 0) is 43.3 Å². The van der Waals surface area contributed by atoms with Crippen LogP contribution in [0, 0.1) is 0 Å². The molecule has 0 bridgehead atoms. The molecule has 26 heavy (non-hydrogen) atoms. The highest BCUT2D eigenvalue weighted by Crippen LogP contribution is 2.23. The van der Waals surface area contributed by atoms with Gasteiger partial charge in [0.25, 0.3) is 0 Å². The summed E-state index contributed by atoms with van der Waals surface area (Å²) >= 11 is 7.24. The fraction of sp³-hybridized carbons (Fsp3) is 0.158. The second-order valence-corrected chi connectivity index (χ2v) is 6.86. The second-order valence-electron chi connectivity index (χ2n) is 5.57. The van der Waals surface area contributed by atoms with Gasteiger partial charge in [0.1, 0.15) is 5.01 Å². The van der Waals surface area contributed by atoms with Gasteiger partial charge < -0.3 is 4.74 Å². The van der Waals surface area contributed by atoms with E-state index in [1.165, 1.54) is 11.3 Å². The summed E-state index contributed by atoms with van der Waals surface area (Å²) in [5.74, 6) is -0.771. The van der Waals surface area contributed by atoms with Crippen molar-refractivity contribution in [3.05, 3.63) is 70.5 Å². The van der Waals surface area contributed by atoms with Crippen LogP contribution in [0.2, 0.25) is 5.02 Å². The lowest BCUT2D eigenvalue weighted by Crippen LogP contribution is -2.25. The third-order valence-corrected chi connectivity index (χ3v) is 4.78. The average molecular weight is 387 g/mol. The molecule has 0 radical (unpaired) electrons. The van der Waals surface area contributed by atoms with Gasteiger partial charge in [-0.25, -0.2) is 4.98 Å². The van der Waals surface area contributed by atoms with Crippen LogP contribution >= 0.6 is 22.9 Å². The number of carbonyl (C=O) groups excluding carboxylic acids is 2. The average Bonchev–Trinajstić information content (AvgIpc) is 3.10. The Morgan fingerprint density at radius 3 is 2.69 bits per heavy atom. The number of esters is 1. The van der Waals surface area contributed by atoms with Gasteiger partial charge in [-0.15, -0.1) is 11.3 Å². The number of aromatic nitrogens is 2. The van der Waals surface area contributed by atoms with Crippen molar-refractivity contribution in [2.75, 3.05) is 0 Å². The van der Waals surface area contributed by atoms with E-state index < -0.39 is 12.1 Å². The summed E-state index contributed by atoms with van der Waals surface area (Å²) in [6, 6.07) is 10.2. The van der Waals surface area contributed by atoms with Gasteiger partial charge in [0, 0.05) is 33.9 Å². The first-order valence-electron chi connectivity index (χ1n) is 7.87. The number of rotatable bonds is 6. The van der Waals surface area contributed by atoms with Crippen molar-refractivity contribution >= 4 is 34.7 Å². The summed E-state index contributed by atoms with van der Waals surface area (Å²) in [5, 5.41) is 3.13. The van der Waals surface area contributed by atoms with E-state index in [-0.39, 0.29) is 12.2 Å². The van der Waals surface area contributed by atoms with Crippen LogP contribution in [0.1, 0.15) is 23.0 Å². The highest BCUT2D eigenvalue weighted by atomic mass is 35.5. The Labute approximate surface area is 159 Å². The van der Waals surface area contributed by atoms with Crippen LogP contribution in [-0.2, 0) is 16.0 Å². The zero-order chi connectivity index (χ0) is 18.5. The van der Waals surface area contributed by atoms with Crippen LogP contribution in [0.4, 0.5) is 0 Å². The summed E-state index contributed by atoms with van der Waals surface area (Å²) in [5.41, 5.74) is 1.94. The van der Waals surface area contributed by atoms with Crippen molar-refractivity contribution < 1.29 is 14.3 Å². The van der Waals surface area contributed by atoms with E-state index in [2.05, 4.69) is 9.97 Å². The Hall–Kier alpha value is -2.57. The number of ether oxygens (including phenoxy) is 1. The van der Waals surface area contributed by atoms with Crippen molar-refractivity contribution in [3.8, 4) is 10.6 Å². The molecule has 0 fully saturated rings. The fourth-order valence-corrected chi connectivity index (χ4v) is 3.24. The van der Waals surface area contributed by atoms with Crippen molar-refractivity contribution in [3.63, 3.8) is 0 Å². The van der Waals surface area contributed by atoms with E-state index in [1.807, 2.05) is 12.1 Å². The maximum Gasteiger partial charge on any atom is 0.312 e. The van der Waals surface area contributed by atoms with Gasteiger partial charge in [-0.2, -0.15) is 0 Å². The zero-order valence-electron chi connectivity index (χ0n) is 13.9. The molecule has 0 aliphatic carbocycles. The number of thiazole rings is 1. The molecule has 7 heteroatoms. The maximum absolute atomic E-state index is 12.3. The lowest BCUT2D eigenvalue weighted by atomic mass is 10.1. The van der Waals surface area contributed by atoms with Gasteiger partial charge in [0.2, 0.25) is 5.78 Å². The first-order valence-corrected chi connectivity index (χ1v) is 9.13. The molecule has 0 N–H and O–H groups in total. The molecule has 0 aliphatic heterocycles. The molecule has 1 aromatic carbocycles. The first-order chi connectivity index (χ1) is 12.5. The number of benzene rings is 1. The van der Waals surface area contributed by atoms with Gasteiger partial charge in [0.15, 0.2) is 6.10 Å². The largest absolute Gasteiger partial charge is 0.454 e. The molecule has 1 atom stereocenters. The Kier molecular flexibility index (Phi) is 5.75. The zero-order valence-corrected chi connectivity index (χ0v) is 15.5. The molecule has 0 aliphatic rings. The monoisotopic (exact) mass is 386 g/mol. The number of carbonyl (C=O) groups is 2. The predicted octanol–water partition coefficient (Wildman–Crippen LogP) is 4.22. The van der Waals surface area contributed by atoms with Crippen LogP contribution in [0.3, 0.4) is 0 Å². The van der Waals surface area contributed by atoms with E-state index in [0.29, 0.717) is 16.3 Å². The molecule has 0 spiro atoms. The summed E-state index contributed by atoms with van der Waals surface area (Å²) in [4.78, 5) is 32.9. The smallest absolute Gasteiger partial charge is 0.312 e. The summed E-state index contributed by atoms with van der Waals surface area (Å²) in [7, 11) is 0. The molecule has 5 nitrogen and oxygen atoms in total. The Morgan fingerprint density at radius 1 is 1.23 bits per heavy atom. The quantitative estimate of drug-likeness (QED) is 0.468. The van der Waals surface area contributed by atoms with Crippen LogP contribution < -0.4 is 0 Å². The van der Waals surface area contributed by atoms with E-state index >= 15 is 0 Å².